The van der Waals surface area contributed by atoms with Gasteiger partial charge in [-0.1, -0.05) is 26.7 Å². The van der Waals surface area contributed by atoms with E-state index in [9.17, 15) is 5.11 Å². The van der Waals surface area contributed by atoms with Gasteiger partial charge in [0.05, 0.1) is 17.8 Å². The van der Waals surface area contributed by atoms with Crippen molar-refractivity contribution in [2.45, 2.75) is 77.1 Å². The van der Waals surface area contributed by atoms with Crippen LogP contribution in [0.3, 0.4) is 0 Å². The van der Waals surface area contributed by atoms with Crippen LogP contribution in [0.1, 0.15) is 59.3 Å². The molecule has 2 nitrogen and oxygen atoms in total. The normalized spacial score (nSPS) is 22.9. The summed E-state index contributed by atoms with van der Waals surface area (Å²) < 4.78 is 6.11. The Morgan fingerprint density at radius 3 is 2.07 bits per heavy atom. The van der Waals surface area contributed by atoms with Crippen LogP contribution in [0.4, 0.5) is 0 Å². The van der Waals surface area contributed by atoms with Crippen molar-refractivity contribution in [3.05, 3.63) is 0 Å². The van der Waals surface area contributed by atoms with Gasteiger partial charge < -0.3 is 9.84 Å². The molecule has 1 N–H and O–H groups in total. The lowest BCUT2D eigenvalue weighted by Gasteiger charge is -2.36. The molecule has 1 atom stereocenters. The van der Waals surface area contributed by atoms with Crippen molar-refractivity contribution in [3.63, 3.8) is 0 Å². The van der Waals surface area contributed by atoms with Gasteiger partial charge in [0.25, 0.3) is 0 Å². The lowest BCUT2D eigenvalue weighted by Crippen LogP contribution is -2.43. The maximum atomic E-state index is 9.82. The second-order valence-electron chi connectivity index (χ2n) is 4.50. The molecule has 1 aliphatic carbocycles. The van der Waals surface area contributed by atoms with E-state index in [2.05, 4.69) is 13.8 Å². The van der Waals surface area contributed by atoms with E-state index < -0.39 is 0 Å². The molecule has 0 aromatic carbocycles. The van der Waals surface area contributed by atoms with Crippen LogP contribution in [-0.2, 0) is 4.74 Å². The first-order valence-electron chi connectivity index (χ1n) is 6.00. The molecule has 1 aliphatic rings. The Kier molecular flexibility index (Phi) is 4.39. The Morgan fingerprint density at radius 2 is 1.71 bits per heavy atom. The van der Waals surface area contributed by atoms with Gasteiger partial charge in [-0.3, -0.25) is 0 Å². The van der Waals surface area contributed by atoms with Crippen LogP contribution in [0.5, 0.6) is 0 Å². The second-order valence-corrected chi connectivity index (χ2v) is 4.50. The molecule has 0 radical (unpaired) electrons. The highest BCUT2D eigenvalue weighted by atomic mass is 16.5. The van der Waals surface area contributed by atoms with Crippen LogP contribution in [0.25, 0.3) is 0 Å². The molecule has 0 amide bonds. The van der Waals surface area contributed by atoms with E-state index in [1.54, 1.807) is 0 Å². The highest BCUT2D eigenvalue weighted by molar-refractivity contribution is 4.91. The summed E-state index contributed by atoms with van der Waals surface area (Å²) in [5.74, 6) is 0. The monoisotopic (exact) mass is 200 g/mol. The number of ether oxygens (including phenoxy) is 1. The highest BCUT2D eigenvalue weighted by Crippen LogP contribution is 2.37. The van der Waals surface area contributed by atoms with Crippen molar-refractivity contribution in [1.82, 2.24) is 0 Å². The van der Waals surface area contributed by atoms with Crippen LogP contribution in [0.15, 0.2) is 0 Å². The van der Waals surface area contributed by atoms with Gasteiger partial charge in [0.15, 0.2) is 0 Å². The van der Waals surface area contributed by atoms with E-state index in [0.717, 1.165) is 25.7 Å². The Bertz CT molecular complexity index is 156. The maximum Gasteiger partial charge on any atom is 0.0941 e. The van der Waals surface area contributed by atoms with Gasteiger partial charge in [-0.25, -0.2) is 0 Å². The van der Waals surface area contributed by atoms with E-state index in [4.69, 9.17) is 4.74 Å². The van der Waals surface area contributed by atoms with E-state index in [0.29, 0.717) is 6.10 Å². The van der Waals surface area contributed by atoms with Gasteiger partial charge >= 0.3 is 0 Å². The van der Waals surface area contributed by atoms with Gasteiger partial charge in [0.2, 0.25) is 0 Å². The lowest BCUT2D eigenvalue weighted by molar-refractivity contribution is -0.148. The molecule has 0 heterocycles. The molecule has 0 aromatic heterocycles. The molecule has 0 saturated heterocycles. The Balaban J connectivity index is 2.59. The smallest absolute Gasteiger partial charge is 0.0941 e. The van der Waals surface area contributed by atoms with Gasteiger partial charge in [-0.05, 0) is 32.6 Å². The van der Waals surface area contributed by atoms with Gasteiger partial charge in [0, 0.05) is 0 Å². The number of aliphatic hydroxyl groups excluding tert-OH is 1. The van der Waals surface area contributed by atoms with Crippen molar-refractivity contribution < 1.29 is 9.84 Å². The zero-order valence-corrected chi connectivity index (χ0v) is 9.75. The Morgan fingerprint density at radius 1 is 1.21 bits per heavy atom. The van der Waals surface area contributed by atoms with Crippen LogP contribution in [0, 0.1) is 0 Å². The summed E-state index contributed by atoms with van der Waals surface area (Å²) in [6, 6.07) is 0. The molecule has 1 rings (SSSR count). The number of aliphatic hydroxyl groups is 1. The van der Waals surface area contributed by atoms with Crippen LogP contribution in [-0.4, -0.2) is 22.9 Å². The first-order chi connectivity index (χ1) is 6.64. The fraction of sp³-hybridized carbons (Fsp3) is 1.00. The summed E-state index contributed by atoms with van der Waals surface area (Å²) in [4.78, 5) is 0. The third kappa shape index (κ3) is 2.48. The molecule has 0 aliphatic heterocycles. The quantitative estimate of drug-likeness (QED) is 0.739. The Hall–Kier alpha value is -0.0800. The van der Waals surface area contributed by atoms with Crippen LogP contribution >= 0.6 is 0 Å². The van der Waals surface area contributed by atoms with E-state index in [-0.39, 0.29) is 11.7 Å². The highest BCUT2D eigenvalue weighted by Gasteiger charge is 2.40. The molecule has 1 unspecified atom stereocenters. The third-order valence-corrected chi connectivity index (χ3v) is 3.52. The SMILES string of the molecule is CCC(CC)OC1(C(C)O)CCCC1. The number of hydrogen-bond acceptors (Lipinski definition) is 2. The van der Waals surface area contributed by atoms with Crippen molar-refractivity contribution in [3.8, 4) is 0 Å². The minimum Gasteiger partial charge on any atom is -0.390 e. The molecule has 84 valence electrons. The molecule has 0 spiro atoms. The van der Waals surface area contributed by atoms with Crippen LogP contribution < -0.4 is 0 Å². The van der Waals surface area contributed by atoms with E-state index in [1.165, 1.54) is 12.8 Å². The minimum atomic E-state index is -0.328. The van der Waals surface area contributed by atoms with Crippen molar-refractivity contribution in [1.29, 1.82) is 0 Å². The number of rotatable bonds is 5. The molecular formula is C12H24O2. The molecule has 1 fully saturated rings. The summed E-state index contributed by atoms with van der Waals surface area (Å²) in [5, 5.41) is 9.82. The Labute approximate surface area is 87.7 Å². The molecule has 14 heavy (non-hydrogen) atoms. The average molecular weight is 200 g/mol. The third-order valence-electron chi connectivity index (χ3n) is 3.52. The van der Waals surface area contributed by atoms with Crippen molar-refractivity contribution in [2.24, 2.45) is 0 Å². The van der Waals surface area contributed by atoms with Gasteiger partial charge in [-0.2, -0.15) is 0 Å². The lowest BCUT2D eigenvalue weighted by atomic mass is 9.95. The largest absolute Gasteiger partial charge is 0.390 e. The summed E-state index contributed by atoms with van der Waals surface area (Å²) in [6.07, 6.45) is 6.54. The molecule has 0 bridgehead atoms. The molecule has 1 saturated carbocycles. The second kappa shape index (κ2) is 5.13. The van der Waals surface area contributed by atoms with Gasteiger partial charge in [-0.15, -0.1) is 0 Å². The zero-order valence-electron chi connectivity index (χ0n) is 9.75. The topological polar surface area (TPSA) is 29.5 Å². The fourth-order valence-electron chi connectivity index (χ4n) is 2.39. The standard InChI is InChI=1S/C12H24O2/c1-4-11(5-2)14-12(10(3)13)8-6-7-9-12/h10-11,13H,4-9H2,1-3H3. The molecule has 2 heteroatoms. The first kappa shape index (κ1) is 12.0. The fourth-order valence-corrected chi connectivity index (χ4v) is 2.39. The predicted molar refractivity (Wildman–Crippen MR) is 58.3 cm³/mol. The zero-order chi connectivity index (χ0) is 10.6. The summed E-state index contributed by atoms with van der Waals surface area (Å²) in [6.45, 7) is 6.17. The van der Waals surface area contributed by atoms with Crippen molar-refractivity contribution >= 4 is 0 Å². The summed E-state index contributed by atoms with van der Waals surface area (Å²) in [5.41, 5.74) is -0.226. The van der Waals surface area contributed by atoms with E-state index >= 15 is 0 Å². The van der Waals surface area contributed by atoms with Crippen molar-refractivity contribution in [2.75, 3.05) is 0 Å². The number of hydrogen-bond donors (Lipinski definition) is 1. The maximum absolute atomic E-state index is 9.82. The predicted octanol–water partition coefficient (Wildman–Crippen LogP) is 2.89. The molecular weight excluding hydrogens is 176 g/mol. The average Bonchev–Trinajstić information content (AvgIpc) is 2.64. The van der Waals surface area contributed by atoms with E-state index in [1.807, 2.05) is 6.92 Å². The van der Waals surface area contributed by atoms with Gasteiger partial charge in [0.1, 0.15) is 0 Å². The summed E-state index contributed by atoms with van der Waals surface area (Å²) in [7, 11) is 0. The first-order valence-corrected chi connectivity index (χ1v) is 6.00. The minimum absolute atomic E-state index is 0.226. The van der Waals surface area contributed by atoms with Crippen LogP contribution in [0.2, 0.25) is 0 Å². The summed E-state index contributed by atoms with van der Waals surface area (Å²) >= 11 is 0. The molecule has 0 aromatic rings.